The molecule has 0 aliphatic heterocycles. The van der Waals surface area contributed by atoms with Crippen LogP contribution in [0.5, 0.6) is 5.75 Å². The molecule has 0 bridgehead atoms. The lowest BCUT2D eigenvalue weighted by atomic mass is 10.2. The van der Waals surface area contributed by atoms with E-state index < -0.39 is 0 Å². The normalized spacial score (nSPS) is 11.7. The second-order valence-electron chi connectivity index (χ2n) is 5.02. The van der Waals surface area contributed by atoms with Crippen LogP contribution in [-0.4, -0.2) is 29.0 Å². The summed E-state index contributed by atoms with van der Waals surface area (Å²) in [6, 6.07) is 6.82. The summed E-state index contributed by atoms with van der Waals surface area (Å²) < 4.78 is 5.26. The van der Waals surface area contributed by atoms with E-state index in [9.17, 15) is 4.79 Å². The van der Waals surface area contributed by atoms with Crippen LogP contribution in [0.25, 0.3) is 0 Å². The molecule has 2 rings (SSSR count). The largest absolute Gasteiger partial charge is 0.495 e. The SMILES string of the molecule is CCC(C)NC(=O)c1ccnc(Nc2cc(Cl)ccc2OC)n1. The molecule has 0 fully saturated rings. The number of benzene rings is 1. The molecule has 1 atom stereocenters. The summed E-state index contributed by atoms with van der Waals surface area (Å²) in [5, 5.41) is 6.44. The van der Waals surface area contributed by atoms with Crippen molar-refractivity contribution < 1.29 is 9.53 Å². The van der Waals surface area contributed by atoms with E-state index in [2.05, 4.69) is 20.6 Å². The molecule has 2 N–H and O–H groups in total. The number of hydrogen-bond donors (Lipinski definition) is 2. The van der Waals surface area contributed by atoms with E-state index in [1.807, 2.05) is 13.8 Å². The minimum atomic E-state index is -0.233. The molecular weight excluding hydrogens is 316 g/mol. The Morgan fingerprint density at radius 2 is 2.17 bits per heavy atom. The summed E-state index contributed by atoms with van der Waals surface area (Å²) in [6.07, 6.45) is 2.37. The van der Waals surface area contributed by atoms with Crippen molar-refractivity contribution >= 4 is 29.1 Å². The van der Waals surface area contributed by atoms with Crippen LogP contribution in [0.1, 0.15) is 30.8 Å². The molecule has 0 spiro atoms. The number of rotatable bonds is 6. The van der Waals surface area contributed by atoms with Crippen molar-refractivity contribution in [1.82, 2.24) is 15.3 Å². The number of halogens is 1. The number of amides is 1. The lowest BCUT2D eigenvalue weighted by Crippen LogP contribution is -2.32. The van der Waals surface area contributed by atoms with Crippen LogP contribution >= 0.6 is 11.6 Å². The summed E-state index contributed by atoms with van der Waals surface area (Å²) in [7, 11) is 1.56. The Kier molecular flexibility index (Phi) is 5.76. The zero-order chi connectivity index (χ0) is 16.8. The summed E-state index contributed by atoms with van der Waals surface area (Å²) >= 11 is 5.99. The Balaban J connectivity index is 2.20. The van der Waals surface area contributed by atoms with Crippen molar-refractivity contribution in [3.63, 3.8) is 0 Å². The highest BCUT2D eigenvalue weighted by Gasteiger charge is 2.12. The Morgan fingerprint density at radius 1 is 1.39 bits per heavy atom. The van der Waals surface area contributed by atoms with Crippen LogP contribution in [0, 0.1) is 0 Å². The van der Waals surface area contributed by atoms with Crippen LogP contribution in [0.15, 0.2) is 30.5 Å². The molecule has 2 aromatic rings. The van der Waals surface area contributed by atoms with Crippen molar-refractivity contribution in [2.75, 3.05) is 12.4 Å². The van der Waals surface area contributed by atoms with E-state index in [0.29, 0.717) is 28.1 Å². The standard InChI is InChI=1S/C16H19ClN4O2/c1-4-10(2)19-15(22)12-7-8-18-16(20-12)21-13-9-11(17)5-6-14(13)23-3/h5-10H,4H2,1-3H3,(H,19,22)(H,18,20,21). The first kappa shape index (κ1) is 17.0. The topological polar surface area (TPSA) is 76.1 Å². The first-order valence-electron chi connectivity index (χ1n) is 7.28. The van der Waals surface area contributed by atoms with Gasteiger partial charge in [-0.15, -0.1) is 0 Å². The third kappa shape index (κ3) is 4.56. The Morgan fingerprint density at radius 3 is 2.87 bits per heavy atom. The molecule has 6 nitrogen and oxygen atoms in total. The quantitative estimate of drug-likeness (QED) is 0.846. The van der Waals surface area contributed by atoms with E-state index in [4.69, 9.17) is 16.3 Å². The number of hydrogen-bond acceptors (Lipinski definition) is 5. The molecule has 7 heteroatoms. The Hall–Kier alpha value is -2.34. The monoisotopic (exact) mass is 334 g/mol. The molecule has 0 saturated heterocycles. The van der Waals surface area contributed by atoms with Crippen molar-refractivity contribution in [2.24, 2.45) is 0 Å². The molecule has 23 heavy (non-hydrogen) atoms. The number of ether oxygens (including phenoxy) is 1. The first-order valence-corrected chi connectivity index (χ1v) is 7.65. The second kappa shape index (κ2) is 7.78. The zero-order valence-electron chi connectivity index (χ0n) is 13.3. The van der Waals surface area contributed by atoms with Gasteiger partial charge in [-0.25, -0.2) is 9.97 Å². The van der Waals surface area contributed by atoms with Gasteiger partial charge >= 0.3 is 0 Å². The molecule has 0 aliphatic rings. The molecule has 0 aliphatic carbocycles. The fraction of sp³-hybridized carbons (Fsp3) is 0.312. The third-order valence-electron chi connectivity index (χ3n) is 3.29. The highest BCUT2D eigenvalue weighted by atomic mass is 35.5. The van der Waals surface area contributed by atoms with Gasteiger partial charge in [0.15, 0.2) is 0 Å². The van der Waals surface area contributed by atoms with Crippen molar-refractivity contribution in [3.8, 4) is 5.75 Å². The van der Waals surface area contributed by atoms with Gasteiger partial charge in [0.25, 0.3) is 5.91 Å². The molecule has 1 aromatic carbocycles. The molecule has 0 saturated carbocycles. The van der Waals surface area contributed by atoms with E-state index >= 15 is 0 Å². The maximum atomic E-state index is 12.1. The maximum absolute atomic E-state index is 12.1. The molecule has 122 valence electrons. The van der Waals surface area contributed by atoms with Crippen LogP contribution in [0.3, 0.4) is 0 Å². The molecule has 0 radical (unpaired) electrons. The smallest absolute Gasteiger partial charge is 0.270 e. The summed E-state index contributed by atoms with van der Waals surface area (Å²) in [4.78, 5) is 20.5. The number of carbonyl (C=O) groups excluding carboxylic acids is 1. The lowest BCUT2D eigenvalue weighted by Gasteiger charge is -2.12. The fourth-order valence-electron chi connectivity index (χ4n) is 1.84. The summed E-state index contributed by atoms with van der Waals surface area (Å²) in [5.74, 6) is 0.665. The van der Waals surface area contributed by atoms with Gasteiger partial charge in [-0.05, 0) is 37.6 Å². The van der Waals surface area contributed by atoms with Gasteiger partial charge in [0.2, 0.25) is 5.95 Å². The molecular formula is C16H19ClN4O2. The van der Waals surface area contributed by atoms with Gasteiger partial charge in [-0.1, -0.05) is 18.5 Å². The average Bonchev–Trinajstić information content (AvgIpc) is 2.55. The predicted octanol–water partition coefficient (Wildman–Crippen LogP) is 3.41. The van der Waals surface area contributed by atoms with E-state index in [1.165, 1.54) is 6.20 Å². The summed E-state index contributed by atoms with van der Waals surface area (Å²) in [6.45, 7) is 3.94. The molecule has 1 amide bonds. The minimum Gasteiger partial charge on any atom is -0.495 e. The van der Waals surface area contributed by atoms with Gasteiger partial charge in [-0.2, -0.15) is 0 Å². The number of aromatic nitrogens is 2. The van der Waals surface area contributed by atoms with Crippen LogP contribution < -0.4 is 15.4 Å². The van der Waals surface area contributed by atoms with Crippen molar-refractivity contribution in [3.05, 3.63) is 41.2 Å². The van der Waals surface area contributed by atoms with Crippen molar-refractivity contribution in [1.29, 1.82) is 0 Å². The van der Waals surface area contributed by atoms with Crippen molar-refractivity contribution in [2.45, 2.75) is 26.3 Å². The Labute approximate surface area is 140 Å². The number of methoxy groups -OCH3 is 1. The van der Waals surface area contributed by atoms with Crippen LogP contribution in [-0.2, 0) is 0 Å². The second-order valence-corrected chi connectivity index (χ2v) is 5.45. The molecule has 1 heterocycles. The highest BCUT2D eigenvalue weighted by molar-refractivity contribution is 6.31. The third-order valence-corrected chi connectivity index (χ3v) is 3.52. The first-order chi connectivity index (χ1) is 11.0. The minimum absolute atomic E-state index is 0.0851. The van der Waals surface area contributed by atoms with E-state index in [0.717, 1.165) is 6.42 Å². The number of nitrogens with zero attached hydrogens (tertiary/aromatic N) is 2. The number of anilines is 2. The molecule has 1 unspecified atom stereocenters. The van der Waals surface area contributed by atoms with Gasteiger partial charge in [-0.3, -0.25) is 4.79 Å². The lowest BCUT2D eigenvalue weighted by molar-refractivity contribution is 0.0934. The number of carbonyl (C=O) groups is 1. The summed E-state index contributed by atoms with van der Waals surface area (Å²) in [5.41, 5.74) is 0.920. The van der Waals surface area contributed by atoms with Gasteiger partial charge < -0.3 is 15.4 Å². The average molecular weight is 335 g/mol. The predicted molar refractivity (Wildman–Crippen MR) is 90.5 cm³/mol. The van der Waals surface area contributed by atoms with Gasteiger partial charge in [0, 0.05) is 17.3 Å². The zero-order valence-corrected chi connectivity index (χ0v) is 14.0. The highest BCUT2D eigenvalue weighted by Crippen LogP contribution is 2.29. The fourth-order valence-corrected chi connectivity index (χ4v) is 2.02. The maximum Gasteiger partial charge on any atom is 0.270 e. The number of nitrogens with one attached hydrogen (secondary N) is 2. The van der Waals surface area contributed by atoms with Gasteiger partial charge in [0.1, 0.15) is 11.4 Å². The van der Waals surface area contributed by atoms with Gasteiger partial charge in [0.05, 0.1) is 12.8 Å². The van der Waals surface area contributed by atoms with Crippen LogP contribution in [0.2, 0.25) is 5.02 Å². The van der Waals surface area contributed by atoms with E-state index in [-0.39, 0.29) is 11.9 Å². The Bertz CT molecular complexity index is 694. The van der Waals surface area contributed by atoms with E-state index in [1.54, 1.807) is 31.4 Å². The molecule has 1 aromatic heterocycles. The van der Waals surface area contributed by atoms with Crippen LogP contribution in [0.4, 0.5) is 11.6 Å².